The summed E-state index contributed by atoms with van der Waals surface area (Å²) in [6, 6.07) is 12.3. The van der Waals surface area contributed by atoms with E-state index >= 15 is 0 Å². The number of hydrogen-bond acceptors (Lipinski definition) is 2. The molecule has 0 saturated carbocycles. The molecule has 0 amide bonds. The van der Waals surface area contributed by atoms with Crippen LogP contribution in [0.25, 0.3) is 0 Å². The first-order valence-corrected chi connectivity index (χ1v) is 5.30. The average molecular weight is 250 g/mol. The van der Waals surface area contributed by atoms with Crippen LogP contribution in [0.15, 0.2) is 48.5 Å². The Morgan fingerprint density at radius 2 is 1.47 bits per heavy atom. The molecule has 0 aliphatic rings. The van der Waals surface area contributed by atoms with Crippen molar-refractivity contribution in [3.05, 3.63) is 65.7 Å². The highest BCUT2D eigenvalue weighted by Crippen LogP contribution is 2.22. The molecule has 4 heteroatoms. The number of ether oxygens (including phenoxy) is 1. The van der Waals surface area contributed by atoms with Crippen molar-refractivity contribution >= 4 is 17.3 Å². The Balaban J connectivity index is 2.25. The summed E-state index contributed by atoms with van der Waals surface area (Å²) in [5, 5.41) is 0.0367. The fourth-order valence-electron chi connectivity index (χ4n) is 1.31. The van der Waals surface area contributed by atoms with Gasteiger partial charge in [0.05, 0.1) is 0 Å². The van der Waals surface area contributed by atoms with Gasteiger partial charge >= 0.3 is 0 Å². The Labute approximate surface area is 103 Å². The molecule has 0 unspecified atom stereocenters. The summed E-state index contributed by atoms with van der Waals surface area (Å²) in [4.78, 5) is 0. The maximum Gasteiger partial charge on any atom is 0.199 e. The molecule has 1 nitrogen and oxygen atoms in total. The summed E-state index contributed by atoms with van der Waals surface area (Å²) in [5.74, 6) is -2.02. The lowest BCUT2D eigenvalue weighted by Gasteiger charge is -2.08. The number of para-hydroxylation sites is 1. The van der Waals surface area contributed by atoms with Gasteiger partial charge in [0.1, 0.15) is 0 Å². The van der Waals surface area contributed by atoms with Gasteiger partial charge < -0.3 is 4.74 Å². The largest absolute Gasteiger partial charge is 0.439 e. The first-order valence-electron chi connectivity index (χ1n) is 4.90. The molecule has 0 N–H and O–H groups in total. The molecular weight excluding hydrogens is 242 g/mol. The highest BCUT2D eigenvalue weighted by Gasteiger charge is 2.12. The molecule has 0 bridgehead atoms. The van der Waals surface area contributed by atoms with Gasteiger partial charge in [0, 0.05) is 5.56 Å². The lowest BCUT2D eigenvalue weighted by Crippen LogP contribution is -2.09. The van der Waals surface area contributed by atoms with Gasteiger partial charge in [0.25, 0.3) is 0 Å². The van der Waals surface area contributed by atoms with E-state index in [9.17, 15) is 8.78 Å². The Hall–Kier alpha value is -1.81. The summed E-state index contributed by atoms with van der Waals surface area (Å²) in [6.07, 6.45) is 0. The molecule has 86 valence electrons. The third-order valence-electron chi connectivity index (χ3n) is 2.12. The first-order chi connectivity index (χ1) is 8.18. The average Bonchev–Trinajstić information content (AvgIpc) is 2.35. The minimum Gasteiger partial charge on any atom is -0.439 e. The molecule has 0 aromatic heterocycles. The van der Waals surface area contributed by atoms with Gasteiger partial charge in [-0.3, -0.25) is 0 Å². The lowest BCUT2D eigenvalue weighted by atomic mass is 10.2. The van der Waals surface area contributed by atoms with E-state index in [0.717, 1.165) is 12.1 Å². The third-order valence-corrected chi connectivity index (χ3v) is 2.44. The zero-order chi connectivity index (χ0) is 12.3. The fraction of sp³-hybridized carbons (Fsp3) is 0. The molecule has 0 heterocycles. The van der Waals surface area contributed by atoms with Gasteiger partial charge in [0.15, 0.2) is 22.4 Å². The highest BCUT2D eigenvalue weighted by molar-refractivity contribution is 7.80. The molecule has 0 fully saturated rings. The van der Waals surface area contributed by atoms with E-state index < -0.39 is 17.4 Å². The number of hydrogen-bond donors (Lipinski definition) is 0. The van der Waals surface area contributed by atoms with Crippen molar-refractivity contribution in [2.45, 2.75) is 0 Å². The zero-order valence-electron chi connectivity index (χ0n) is 8.69. The predicted octanol–water partition coefficient (Wildman–Crippen LogP) is 3.72. The van der Waals surface area contributed by atoms with Crippen LogP contribution in [0.3, 0.4) is 0 Å². The van der Waals surface area contributed by atoms with Crippen molar-refractivity contribution in [3.8, 4) is 5.75 Å². The summed E-state index contributed by atoms with van der Waals surface area (Å²) in [5.41, 5.74) is 0.602. The second-order valence-electron chi connectivity index (χ2n) is 3.31. The summed E-state index contributed by atoms with van der Waals surface area (Å²) < 4.78 is 31.6. The molecule has 0 atom stereocenters. The molecule has 0 saturated heterocycles. The number of thiocarbonyl (C=S) groups is 1. The predicted molar refractivity (Wildman–Crippen MR) is 65.1 cm³/mol. The summed E-state index contributed by atoms with van der Waals surface area (Å²) >= 11 is 4.97. The Morgan fingerprint density at radius 1 is 0.882 bits per heavy atom. The molecule has 17 heavy (non-hydrogen) atoms. The quantitative estimate of drug-likeness (QED) is 0.751. The van der Waals surface area contributed by atoms with E-state index in [-0.39, 0.29) is 5.05 Å². The molecular formula is C13H8F2OS. The van der Waals surface area contributed by atoms with Crippen LogP contribution in [0, 0.1) is 11.6 Å². The van der Waals surface area contributed by atoms with Crippen LogP contribution < -0.4 is 4.74 Å². The molecule has 2 aromatic carbocycles. The van der Waals surface area contributed by atoms with E-state index in [1.165, 1.54) is 6.07 Å². The normalized spacial score (nSPS) is 10.0. The topological polar surface area (TPSA) is 9.23 Å². The zero-order valence-corrected chi connectivity index (χ0v) is 9.51. The van der Waals surface area contributed by atoms with Crippen LogP contribution in [-0.2, 0) is 0 Å². The van der Waals surface area contributed by atoms with E-state index in [2.05, 4.69) is 0 Å². The minimum absolute atomic E-state index is 0.0367. The molecule has 0 aliphatic heterocycles. The molecule has 0 spiro atoms. The van der Waals surface area contributed by atoms with Gasteiger partial charge in [-0.15, -0.1) is 0 Å². The second-order valence-corrected chi connectivity index (χ2v) is 3.68. The summed E-state index contributed by atoms with van der Waals surface area (Å²) in [7, 11) is 0. The molecule has 2 rings (SSSR count). The third kappa shape index (κ3) is 2.65. The van der Waals surface area contributed by atoms with E-state index in [1.54, 1.807) is 24.3 Å². The van der Waals surface area contributed by atoms with Crippen LogP contribution in [0.5, 0.6) is 5.75 Å². The van der Waals surface area contributed by atoms with Crippen LogP contribution in [-0.4, -0.2) is 5.05 Å². The van der Waals surface area contributed by atoms with E-state index in [1.807, 2.05) is 6.07 Å². The Morgan fingerprint density at radius 3 is 2.06 bits per heavy atom. The monoisotopic (exact) mass is 250 g/mol. The van der Waals surface area contributed by atoms with Gasteiger partial charge in [-0.25, -0.2) is 8.78 Å². The lowest BCUT2D eigenvalue weighted by molar-refractivity contribution is 0.454. The number of rotatable bonds is 2. The van der Waals surface area contributed by atoms with Crippen molar-refractivity contribution < 1.29 is 13.5 Å². The maximum atomic E-state index is 13.3. The SMILES string of the molecule is Fc1cccc(F)c1OC(=S)c1ccccc1. The van der Waals surface area contributed by atoms with Crippen LogP contribution in [0.4, 0.5) is 8.78 Å². The van der Waals surface area contributed by atoms with Gasteiger partial charge in [-0.1, -0.05) is 36.4 Å². The van der Waals surface area contributed by atoms with Gasteiger partial charge in [-0.05, 0) is 24.4 Å². The summed E-state index contributed by atoms with van der Waals surface area (Å²) in [6.45, 7) is 0. The Bertz CT molecular complexity index is 520. The van der Waals surface area contributed by atoms with Crippen molar-refractivity contribution in [1.82, 2.24) is 0 Å². The standard InChI is InChI=1S/C13H8F2OS/c14-10-7-4-8-11(15)12(10)16-13(17)9-5-2-1-3-6-9/h1-8H. The first kappa shape index (κ1) is 11.7. The number of halogens is 2. The maximum absolute atomic E-state index is 13.3. The van der Waals surface area contributed by atoms with Crippen LogP contribution >= 0.6 is 12.2 Å². The van der Waals surface area contributed by atoms with Crippen molar-refractivity contribution in [1.29, 1.82) is 0 Å². The van der Waals surface area contributed by atoms with Gasteiger partial charge in [0.2, 0.25) is 0 Å². The second kappa shape index (κ2) is 5.01. The fourth-order valence-corrected chi connectivity index (χ4v) is 1.53. The smallest absolute Gasteiger partial charge is 0.199 e. The highest BCUT2D eigenvalue weighted by atomic mass is 32.1. The van der Waals surface area contributed by atoms with Crippen molar-refractivity contribution in [3.63, 3.8) is 0 Å². The van der Waals surface area contributed by atoms with Crippen molar-refractivity contribution in [2.75, 3.05) is 0 Å². The molecule has 0 radical (unpaired) electrons. The number of benzene rings is 2. The Kier molecular flexibility index (Phi) is 3.44. The van der Waals surface area contributed by atoms with E-state index in [4.69, 9.17) is 17.0 Å². The molecule has 0 aliphatic carbocycles. The molecule has 2 aromatic rings. The van der Waals surface area contributed by atoms with E-state index in [0.29, 0.717) is 5.56 Å². The minimum atomic E-state index is -0.775. The van der Waals surface area contributed by atoms with Gasteiger partial charge in [-0.2, -0.15) is 0 Å². The van der Waals surface area contributed by atoms with Crippen LogP contribution in [0.2, 0.25) is 0 Å². The van der Waals surface area contributed by atoms with Crippen LogP contribution in [0.1, 0.15) is 5.56 Å². The van der Waals surface area contributed by atoms with Crippen molar-refractivity contribution in [2.24, 2.45) is 0 Å².